The summed E-state index contributed by atoms with van der Waals surface area (Å²) in [6.45, 7) is 6.08. The normalized spacial score (nSPS) is 11.2. The molecule has 0 amide bonds. The third-order valence-electron chi connectivity index (χ3n) is 3.60. The molecule has 1 heterocycles. The highest BCUT2D eigenvalue weighted by molar-refractivity contribution is 7.86. The average Bonchev–Trinajstić information content (AvgIpc) is 2.59. The Bertz CT molecular complexity index is 835. The van der Waals surface area contributed by atoms with E-state index < -0.39 is 10.1 Å². The highest BCUT2D eigenvalue weighted by atomic mass is 35.5. The molecule has 140 valence electrons. The van der Waals surface area contributed by atoms with E-state index >= 15 is 0 Å². The lowest BCUT2D eigenvalue weighted by Gasteiger charge is -2.10. The topological polar surface area (TPSA) is 65.5 Å². The van der Waals surface area contributed by atoms with Crippen LogP contribution in [0.5, 0.6) is 5.88 Å². The van der Waals surface area contributed by atoms with Gasteiger partial charge in [0.25, 0.3) is 0 Å². The fraction of sp³-hybridized carbons (Fsp3) is 0.316. The van der Waals surface area contributed by atoms with Gasteiger partial charge in [-0.2, -0.15) is 8.42 Å². The molecule has 0 saturated carbocycles. The monoisotopic (exact) mass is 395 g/mol. The zero-order valence-corrected chi connectivity index (χ0v) is 16.2. The van der Waals surface area contributed by atoms with Crippen LogP contribution in [-0.4, -0.2) is 20.0 Å². The maximum Gasteiger partial charge on any atom is 0.338 e. The minimum atomic E-state index is -3.81. The molecule has 0 spiro atoms. The van der Waals surface area contributed by atoms with Gasteiger partial charge >= 0.3 is 10.1 Å². The zero-order valence-electron chi connectivity index (χ0n) is 14.7. The van der Waals surface area contributed by atoms with Crippen molar-refractivity contribution >= 4 is 21.7 Å². The Kier molecular flexibility index (Phi) is 7.48. The first-order valence-electron chi connectivity index (χ1n) is 8.31. The Morgan fingerprint density at radius 1 is 1.15 bits per heavy atom. The van der Waals surface area contributed by atoms with Crippen molar-refractivity contribution < 1.29 is 17.3 Å². The minimum Gasteiger partial charge on any atom is -0.477 e. The number of unbranched alkanes of at least 4 members (excludes halogenated alkanes) is 2. The van der Waals surface area contributed by atoms with Crippen LogP contribution in [0.2, 0.25) is 5.02 Å². The van der Waals surface area contributed by atoms with Crippen molar-refractivity contribution in [2.75, 3.05) is 6.61 Å². The molecule has 2 rings (SSSR count). The van der Waals surface area contributed by atoms with Crippen molar-refractivity contribution in [3.05, 3.63) is 65.5 Å². The molecule has 1 aromatic heterocycles. The molecule has 0 radical (unpaired) electrons. The molecule has 0 fully saturated rings. The maximum absolute atomic E-state index is 12.2. The van der Waals surface area contributed by atoms with E-state index in [0.29, 0.717) is 23.9 Å². The first-order valence-corrected chi connectivity index (χ1v) is 10.1. The number of pyridine rings is 1. The number of hydrogen-bond acceptors (Lipinski definition) is 5. The molecule has 0 aliphatic heterocycles. The number of allylic oxidation sites excluding steroid dienone is 1. The van der Waals surface area contributed by atoms with Gasteiger partial charge in [0.15, 0.2) is 0 Å². The summed E-state index contributed by atoms with van der Waals surface area (Å²) >= 11 is 5.95. The van der Waals surface area contributed by atoms with Gasteiger partial charge < -0.3 is 8.92 Å². The summed E-state index contributed by atoms with van der Waals surface area (Å²) in [6, 6.07) is 9.97. The first kappa shape index (κ1) is 20.3. The Balaban J connectivity index is 1.67. The zero-order chi connectivity index (χ0) is 19.0. The molecule has 0 atom stereocenters. The summed E-state index contributed by atoms with van der Waals surface area (Å²) in [5.74, 6) is 0.658. The quantitative estimate of drug-likeness (QED) is 0.325. The standard InChI is InChI=1S/C19H22ClNO4S/c1-15-9-11-17(12-10-15)26(22,23)25-16(2)7-4-3-5-14-24-19-18(20)8-6-13-21-19/h6,8-13H,2-5,7,14H2,1H3. The van der Waals surface area contributed by atoms with Gasteiger partial charge in [-0.05, 0) is 50.5 Å². The Hall–Kier alpha value is -2.05. The molecule has 5 nitrogen and oxygen atoms in total. The van der Waals surface area contributed by atoms with Crippen molar-refractivity contribution in [1.29, 1.82) is 0 Å². The second kappa shape index (κ2) is 9.59. The van der Waals surface area contributed by atoms with Crippen LogP contribution in [0.1, 0.15) is 31.2 Å². The lowest BCUT2D eigenvalue weighted by Crippen LogP contribution is -2.06. The van der Waals surface area contributed by atoms with Gasteiger partial charge in [0.2, 0.25) is 5.88 Å². The van der Waals surface area contributed by atoms with E-state index in [1.165, 1.54) is 12.1 Å². The van der Waals surface area contributed by atoms with Crippen molar-refractivity contribution in [2.45, 2.75) is 37.5 Å². The third kappa shape index (κ3) is 6.35. The maximum atomic E-state index is 12.2. The fourth-order valence-corrected chi connectivity index (χ4v) is 3.33. The summed E-state index contributed by atoms with van der Waals surface area (Å²) in [6.07, 6.45) is 4.48. The largest absolute Gasteiger partial charge is 0.477 e. The molecule has 1 aromatic carbocycles. The molecule has 0 bridgehead atoms. The summed E-state index contributed by atoms with van der Waals surface area (Å²) < 4.78 is 34.9. The SMILES string of the molecule is C=C(CCCCCOc1ncccc1Cl)OS(=O)(=O)c1ccc(C)cc1. The van der Waals surface area contributed by atoms with Crippen LogP contribution in [-0.2, 0) is 14.3 Å². The second-order valence-electron chi connectivity index (χ2n) is 5.84. The van der Waals surface area contributed by atoms with Gasteiger partial charge in [-0.25, -0.2) is 4.98 Å². The van der Waals surface area contributed by atoms with Crippen LogP contribution < -0.4 is 4.74 Å². The van der Waals surface area contributed by atoms with Gasteiger partial charge in [-0.3, -0.25) is 0 Å². The lowest BCUT2D eigenvalue weighted by atomic mass is 10.2. The number of aromatic nitrogens is 1. The van der Waals surface area contributed by atoms with E-state index in [4.69, 9.17) is 20.5 Å². The van der Waals surface area contributed by atoms with Crippen molar-refractivity contribution in [1.82, 2.24) is 4.98 Å². The van der Waals surface area contributed by atoms with Gasteiger partial charge in [0.05, 0.1) is 6.61 Å². The Morgan fingerprint density at radius 3 is 2.58 bits per heavy atom. The van der Waals surface area contributed by atoms with E-state index in [-0.39, 0.29) is 10.7 Å². The van der Waals surface area contributed by atoms with Crippen LogP contribution in [0.15, 0.2) is 59.8 Å². The van der Waals surface area contributed by atoms with Crippen LogP contribution in [0.3, 0.4) is 0 Å². The lowest BCUT2D eigenvalue weighted by molar-refractivity contribution is 0.292. The van der Waals surface area contributed by atoms with Crippen LogP contribution >= 0.6 is 11.6 Å². The first-order chi connectivity index (χ1) is 12.4. The van der Waals surface area contributed by atoms with E-state index in [1.54, 1.807) is 30.5 Å². The van der Waals surface area contributed by atoms with Crippen LogP contribution in [0.25, 0.3) is 0 Å². The number of hydrogen-bond donors (Lipinski definition) is 0. The molecular weight excluding hydrogens is 374 g/mol. The molecule has 0 aliphatic rings. The number of benzene rings is 1. The average molecular weight is 396 g/mol. The predicted molar refractivity (Wildman–Crippen MR) is 102 cm³/mol. The Morgan fingerprint density at radius 2 is 1.88 bits per heavy atom. The van der Waals surface area contributed by atoms with Gasteiger partial charge in [0, 0.05) is 12.6 Å². The molecule has 7 heteroatoms. The molecule has 26 heavy (non-hydrogen) atoms. The minimum absolute atomic E-state index is 0.130. The van der Waals surface area contributed by atoms with Gasteiger partial charge in [-0.1, -0.05) is 35.9 Å². The molecule has 0 aliphatic carbocycles. The molecule has 0 N–H and O–H groups in total. The van der Waals surface area contributed by atoms with Crippen molar-refractivity contribution in [2.24, 2.45) is 0 Å². The number of rotatable bonds is 10. The number of aryl methyl sites for hydroxylation is 1. The molecule has 2 aromatic rings. The smallest absolute Gasteiger partial charge is 0.338 e. The highest BCUT2D eigenvalue weighted by Crippen LogP contribution is 2.21. The summed E-state index contributed by atoms with van der Waals surface area (Å²) in [5, 5.41) is 0.482. The molecule has 0 unspecified atom stereocenters. The van der Waals surface area contributed by atoms with Gasteiger partial charge in [-0.15, -0.1) is 0 Å². The van der Waals surface area contributed by atoms with E-state index in [0.717, 1.165) is 24.8 Å². The van der Waals surface area contributed by atoms with Gasteiger partial charge in [0.1, 0.15) is 15.7 Å². The summed E-state index contributed by atoms with van der Waals surface area (Å²) in [4.78, 5) is 4.17. The molecular formula is C19H22ClNO4S. The van der Waals surface area contributed by atoms with E-state index in [1.807, 2.05) is 6.92 Å². The number of ether oxygens (including phenoxy) is 1. The van der Waals surface area contributed by atoms with Crippen LogP contribution in [0.4, 0.5) is 0 Å². The highest BCUT2D eigenvalue weighted by Gasteiger charge is 2.16. The summed E-state index contributed by atoms with van der Waals surface area (Å²) in [7, 11) is -3.81. The molecule has 0 saturated heterocycles. The summed E-state index contributed by atoms with van der Waals surface area (Å²) in [5.41, 5.74) is 0.983. The van der Waals surface area contributed by atoms with Crippen molar-refractivity contribution in [3.63, 3.8) is 0 Å². The third-order valence-corrected chi connectivity index (χ3v) is 5.19. The predicted octanol–water partition coefficient (Wildman–Crippen LogP) is 4.90. The van der Waals surface area contributed by atoms with Crippen molar-refractivity contribution in [3.8, 4) is 5.88 Å². The van der Waals surface area contributed by atoms with E-state index in [9.17, 15) is 8.42 Å². The Labute approximate surface area is 159 Å². The number of halogens is 1. The van der Waals surface area contributed by atoms with E-state index in [2.05, 4.69) is 11.6 Å². The van der Waals surface area contributed by atoms with Crippen LogP contribution in [0, 0.1) is 6.92 Å². The fourth-order valence-electron chi connectivity index (χ4n) is 2.20. The second-order valence-corrected chi connectivity index (χ2v) is 7.79. The number of nitrogens with zero attached hydrogens (tertiary/aromatic N) is 1.